The number of nitrogens with one attached hydrogen (secondary N) is 1. The summed E-state index contributed by atoms with van der Waals surface area (Å²) in [4.78, 5) is 15.5. The van der Waals surface area contributed by atoms with Crippen LogP contribution in [0, 0.1) is 0 Å². The second-order valence-corrected chi connectivity index (χ2v) is 7.21. The molecule has 0 saturated heterocycles. The molecule has 0 aliphatic heterocycles. The summed E-state index contributed by atoms with van der Waals surface area (Å²) in [5, 5.41) is 2.94. The third kappa shape index (κ3) is 6.07. The van der Waals surface area contributed by atoms with Crippen molar-refractivity contribution in [1.82, 2.24) is 10.2 Å². The van der Waals surface area contributed by atoms with Crippen molar-refractivity contribution >= 4 is 17.7 Å². The topological polar surface area (TPSA) is 60.0 Å². The molecule has 0 unspecified atom stereocenters. The zero-order valence-electron chi connectivity index (χ0n) is 17.1. The van der Waals surface area contributed by atoms with Crippen LogP contribution >= 0.6 is 11.8 Å². The summed E-state index contributed by atoms with van der Waals surface area (Å²) in [6, 6.07) is 12.0. The summed E-state index contributed by atoms with van der Waals surface area (Å²) in [5.74, 6) is 1.62. The molecule has 0 spiro atoms. The van der Waals surface area contributed by atoms with E-state index in [0.29, 0.717) is 36.9 Å². The van der Waals surface area contributed by atoms with E-state index in [4.69, 9.17) is 14.2 Å². The third-order valence-electron chi connectivity index (χ3n) is 4.24. The number of amides is 1. The summed E-state index contributed by atoms with van der Waals surface area (Å²) in [6.45, 7) is 1.41. The molecule has 0 fully saturated rings. The van der Waals surface area contributed by atoms with E-state index in [-0.39, 0.29) is 5.91 Å². The standard InChI is InChI=1S/C21H28N2O4S/c1-23(13-15-6-8-17(28-5)9-7-15)14-20(24)22-12-16-10-18(25-2)21(27-4)19(11-16)26-3/h6-11H,12-14H2,1-5H3,(H,22,24). The highest BCUT2D eigenvalue weighted by atomic mass is 32.2. The van der Waals surface area contributed by atoms with Gasteiger partial charge in [0, 0.05) is 18.0 Å². The van der Waals surface area contributed by atoms with Crippen LogP contribution in [0.4, 0.5) is 0 Å². The molecular formula is C21H28N2O4S. The summed E-state index contributed by atoms with van der Waals surface area (Å²) in [6.07, 6.45) is 2.06. The Labute approximate surface area is 171 Å². The van der Waals surface area contributed by atoms with Crippen molar-refractivity contribution in [1.29, 1.82) is 0 Å². The van der Waals surface area contributed by atoms with Gasteiger partial charge in [0.1, 0.15) is 0 Å². The highest BCUT2D eigenvalue weighted by molar-refractivity contribution is 7.98. The van der Waals surface area contributed by atoms with Gasteiger partial charge in [0.15, 0.2) is 11.5 Å². The van der Waals surface area contributed by atoms with Gasteiger partial charge in [0.25, 0.3) is 0 Å². The van der Waals surface area contributed by atoms with E-state index in [9.17, 15) is 4.79 Å². The normalized spacial score (nSPS) is 10.6. The van der Waals surface area contributed by atoms with E-state index >= 15 is 0 Å². The molecule has 0 saturated carbocycles. The fourth-order valence-corrected chi connectivity index (χ4v) is 3.25. The second-order valence-electron chi connectivity index (χ2n) is 6.33. The van der Waals surface area contributed by atoms with E-state index in [1.165, 1.54) is 10.5 Å². The number of nitrogens with zero attached hydrogens (tertiary/aromatic N) is 1. The van der Waals surface area contributed by atoms with Crippen LogP contribution in [0.1, 0.15) is 11.1 Å². The molecule has 1 amide bonds. The minimum atomic E-state index is -0.0445. The maximum atomic E-state index is 12.3. The molecule has 7 heteroatoms. The summed E-state index contributed by atoms with van der Waals surface area (Å²) < 4.78 is 16.0. The Bertz CT molecular complexity index is 755. The fourth-order valence-electron chi connectivity index (χ4n) is 2.84. The van der Waals surface area contributed by atoms with Gasteiger partial charge in [-0.3, -0.25) is 9.69 Å². The van der Waals surface area contributed by atoms with Gasteiger partial charge in [0.2, 0.25) is 11.7 Å². The highest BCUT2D eigenvalue weighted by Gasteiger charge is 2.14. The van der Waals surface area contributed by atoms with Gasteiger partial charge in [0.05, 0.1) is 27.9 Å². The van der Waals surface area contributed by atoms with Crippen LogP contribution in [0.25, 0.3) is 0 Å². The quantitative estimate of drug-likeness (QED) is 0.614. The second kappa shape index (κ2) is 10.8. The Morgan fingerprint density at radius 2 is 1.61 bits per heavy atom. The smallest absolute Gasteiger partial charge is 0.234 e. The van der Waals surface area contributed by atoms with Crippen molar-refractivity contribution in [2.24, 2.45) is 0 Å². The molecule has 2 aromatic carbocycles. The van der Waals surface area contributed by atoms with Gasteiger partial charge >= 0.3 is 0 Å². The van der Waals surface area contributed by atoms with E-state index in [0.717, 1.165) is 5.56 Å². The molecule has 1 N–H and O–H groups in total. The molecule has 28 heavy (non-hydrogen) atoms. The van der Waals surface area contributed by atoms with Crippen molar-refractivity contribution in [3.63, 3.8) is 0 Å². The number of rotatable bonds is 10. The third-order valence-corrected chi connectivity index (χ3v) is 4.98. The van der Waals surface area contributed by atoms with Crippen LogP contribution in [-0.2, 0) is 17.9 Å². The molecule has 0 aliphatic carbocycles. The van der Waals surface area contributed by atoms with Crippen molar-refractivity contribution in [3.05, 3.63) is 47.5 Å². The lowest BCUT2D eigenvalue weighted by Gasteiger charge is -2.17. The molecule has 0 atom stereocenters. The molecule has 152 valence electrons. The predicted molar refractivity (Wildman–Crippen MR) is 113 cm³/mol. The van der Waals surface area contributed by atoms with Gasteiger partial charge in [-0.1, -0.05) is 12.1 Å². The minimum absolute atomic E-state index is 0.0445. The summed E-state index contributed by atoms with van der Waals surface area (Å²) >= 11 is 1.72. The zero-order chi connectivity index (χ0) is 20.5. The number of methoxy groups -OCH3 is 3. The van der Waals surface area contributed by atoms with Crippen LogP contribution in [0.2, 0.25) is 0 Å². The molecule has 0 aromatic heterocycles. The Hall–Kier alpha value is -2.38. The van der Waals surface area contributed by atoms with Gasteiger partial charge < -0.3 is 19.5 Å². The average molecular weight is 405 g/mol. The van der Waals surface area contributed by atoms with E-state index < -0.39 is 0 Å². The van der Waals surface area contributed by atoms with Crippen molar-refractivity contribution in [2.75, 3.05) is 41.2 Å². The first kappa shape index (κ1) is 21.9. The Kier molecular flexibility index (Phi) is 8.47. The molecule has 0 aliphatic rings. The first-order chi connectivity index (χ1) is 13.5. The van der Waals surface area contributed by atoms with Crippen molar-refractivity contribution in [2.45, 2.75) is 18.0 Å². The molecule has 2 rings (SSSR count). The van der Waals surface area contributed by atoms with Crippen LogP contribution < -0.4 is 19.5 Å². The van der Waals surface area contributed by atoms with Gasteiger partial charge in [-0.25, -0.2) is 0 Å². The van der Waals surface area contributed by atoms with E-state index in [1.807, 2.05) is 24.1 Å². The van der Waals surface area contributed by atoms with Gasteiger partial charge in [-0.2, -0.15) is 0 Å². The lowest BCUT2D eigenvalue weighted by atomic mass is 10.1. The first-order valence-electron chi connectivity index (χ1n) is 8.87. The average Bonchev–Trinajstić information content (AvgIpc) is 2.71. The molecule has 2 aromatic rings. The van der Waals surface area contributed by atoms with Crippen molar-refractivity contribution in [3.8, 4) is 17.2 Å². The molecule has 0 radical (unpaired) electrons. The lowest BCUT2D eigenvalue weighted by molar-refractivity contribution is -0.122. The van der Waals surface area contributed by atoms with Crippen LogP contribution in [0.3, 0.4) is 0 Å². The number of carbonyl (C=O) groups is 1. The molecule has 6 nitrogen and oxygen atoms in total. The zero-order valence-corrected chi connectivity index (χ0v) is 17.9. The number of likely N-dealkylation sites (N-methyl/N-ethyl adjacent to an activating group) is 1. The lowest BCUT2D eigenvalue weighted by Crippen LogP contribution is -2.34. The maximum absolute atomic E-state index is 12.3. The van der Waals surface area contributed by atoms with Crippen LogP contribution in [-0.4, -0.2) is 52.0 Å². The van der Waals surface area contributed by atoms with Gasteiger partial charge in [-0.15, -0.1) is 11.8 Å². The largest absolute Gasteiger partial charge is 0.493 e. The van der Waals surface area contributed by atoms with Crippen molar-refractivity contribution < 1.29 is 19.0 Å². The Morgan fingerprint density at radius 3 is 2.11 bits per heavy atom. The van der Waals surface area contributed by atoms with E-state index in [2.05, 4.69) is 35.8 Å². The maximum Gasteiger partial charge on any atom is 0.234 e. The van der Waals surface area contributed by atoms with Crippen LogP contribution in [0.5, 0.6) is 17.2 Å². The molecular weight excluding hydrogens is 376 g/mol. The SMILES string of the molecule is COc1cc(CNC(=O)CN(C)Cc2ccc(SC)cc2)cc(OC)c1OC. The number of hydrogen-bond donors (Lipinski definition) is 1. The minimum Gasteiger partial charge on any atom is -0.493 e. The number of thioether (sulfide) groups is 1. The number of carbonyl (C=O) groups excluding carboxylic acids is 1. The summed E-state index contributed by atoms with van der Waals surface area (Å²) in [5.41, 5.74) is 2.05. The fraction of sp³-hybridized carbons (Fsp3) is 0.381. The summed E-state index contributed by atoms with van der Waals surface area (Å²) in [7, 11) is 6.63. The Morgan fingerprint density at radius 1 is 1.00 bits per heavy atom. The number of hydrogen-bond acceptors (Lipinski definition) is 6. The van der Waals surface area contributed by atoms with Gasteiger partial charge in [-0.05, 0) is 48.7 Å². The molecule has 0 bridgehead atoms. The van der Waals surface area contributed by atoms with Crippen LogP contribution in [0.15, 0.2) is 41.3 Å². The first-order valence-corrected chi connectivity index (χ1v) is 10.1. The number of ether oxygens (including phenoxy) is 3. The van der Waals surface area contributed by atoms with E-state index in [1.54, 1.807) is 33.1 Å². The Balaban J connectivity index is 1.90. The molecule has 0 heterocycles. The monoisotopic (exact) mass is 404 g/mol. The number of benzene rings is 2. The predicted octanol–water partition coefficient (Wildman–Crippen LogP) is 3.18. The highest BCUT2D eigenvalue weighted by Crippen LogP contribution is 2.38.